The third kappa shape index (κ3) is 2.85. The highest BCUT2D eigenvalue weighted by Gasteiger charge is 2.13. The molecule has 0 saturated heterocycles. The Labute approximate surface area is 143 Å². The Bertz CT molecular complexity index is 911. The second-order valence-electron chi connectivity index (χ2n) is 5.25. The van der Waals surface area contributed by atoms with Crippen LogP contribution in [0, 0.1) is 0 Å². The number of benzene rings is 1. The normalized spacial score (nSPS) is 11.0. The van der Waals surface area contributed by atoms with E-state index >= 15 is 0 Å². The van der Waals surface area contributed by atoms with Gasteiger partial charge >= 0.3 is 0 Å². The lowest BCUT2D eigenvalue weighted by Crippen LogP contribution is -1.95. The van der Waals surface area contributed by atoms with Gasteiger partial charge in [0.05, 0.1) is 12.0 Å². The van der Waals surface area contributed by atoms with Crippen LogP contribution in [-0.2, 0) is 12.8 Å². The second-order valence-corrected chi connectivity index (χ2v) is 6.19. The summed E-state index contributed by atoms with van der Waals surface area (Å²) in [6.07, 6.45) is 5.34. The van der Waals surface area contributed by atoms with E-state index < -0.39 is 0 Å². The maximum atomic E-state index is 5.38. The fourth-order valence-corrected chi connectivity index (χ4v) is 3.24. The standard InChI is InChI=1S/C17H15N5OS/c1-21-16(15-4-2-11-23-15)19-20-17(21)24-12-13-5-7-14(8-6-13)22-10-3-9-18-22/h2-11H,12H2,1H3. The van der Waals surface area contributed by atoms with Crippen molar-refractivity contribution >= 4 is 11.8 Å². The van der Waals surface area contributed by atoms with Crippen LogP contribution in [0.1, 0.15) is 5.56 Å². The van der Waals surface area contributed by atoms with Gasteiger partial charge in [-0.25, -0.2) is 4.68 Å². The number of aromatic nitrogens is 5. The Morgan fingerprint density at radius 2 is 1.96 bits per heavy atom. The molecule has 4 rings (SSSR count). The van der Waals surface area contributed by atoms with E-state index in [1.807, 2.05) is 40.7 Å². The van der Waals surface area contributed by atoms with Crippen molar-refractivity contribution in [1.82, 2.24) is 24.5 Å². The maximum absolute atomic E-state index is 5.38. The fraction of sp³-hybridized carbons (Fsp3) is 0.118. The lowest BCUT2D eigenvalue weighted by Gasteiger charge is -2.05. The molecule has 0 fully saturated rings. The zero-order valence-corrected chi connectivity index (χ0v) is 13.8. The quantitative estimate of drug-likeness (QED) is 0.521. The van der Waals surface area contributed by atoms with Crippen LogP contribution in [0.3, 0.4) is 0 Å². The number of thioether (sulfide) groups is 1. The van der Waals surface area contributed by atoms with Crippen LogP contribution in [-0.4, -0.2) is 24.5 Å². The van der Waals surface area contributed by atoms with Crippen LogP contribution < -0.4 is 0 Å². The van der Waals surface area contributed by atoms with Gasteiger partial charge in [-0.3, -0.25) is 0 Å². The van der Waals surface area contributed by atoms with E-state index in [9.17, 15) is 0 Å². The summed E-state index contributed by atoms with van der Waals surface area (Å²) in [5.41, 5.74) is 2.27. The smallest absolute Gasteiger partial charge is 0.200 e. The molecule has 0 amide bonds. The first-order valence-electron chi connectivity index (χ1n) is 7.46. The molecule has 0 saturated carbocycles. The van der Waals surface area contributed by atoms with E-state index in [1.165, 1.54) is 5.56 Å². The van der Waals surface area contributed by atoms with Crippen molar-refractivity contribution < 1.29 is 4.42 Å². The van der Waals surface area contributed by atoms with Crippen molar-refractivity contribution in [3.8, 4) is 17.3 Å². The summed E-state index contributed by atoms with van der Waals surface area (Å²) < 4.78 is 9.17. The molecule has 0 spiro atoms. The van der Waals surface area contributed by atoms with Gasteiger partial charge in [-0.1, -0.05) is 23.9 Å². The van der Waals surface area contributed by atoms with Gasteiger partial charge in [-0.05, 0) is 35.9 Å². The highest BCUT2D eigenvalue weighted by molar-refractivity contribution is 7.98. The minimum Gasteiger partial charge on any atom is -0.461 e. The Hall–Kier alpha value is -2.80. The van der Waals surface area contributed by atoms with Crippen molar-refractivity contribution in [2.24, 2.45) is 7.05 Å². The molecule has 120 valence electrons. The first kappa shape index (κ1) is 14.8. The summed E-state index contributed by atoms with van der Waals surface area (Å²) in [4.78, 5) is 0. The summed E-state index contributed by atoms with van der Waals surface area (Å²) >= 11 is 1.65. The highest BCUT2D eigenvalue weighted by Crippen LogP contribution is 2.25. The van der Waals surface area contributed by atoms with Gasteiger partial charge < -0.3 is 8.98 Å². The van der Waals surface area contributed by atoms with E-state index in [1.54, 1.807) is 24.2 Å². The van der Waals surface area contributed by atoms with Crippen molar-refractivity contribution in [1.29, 1.82) is 0 Å². The Kier molecular flexibility index (Phi) is 3.92. The molecule has 6 nitrogen and oxygen atoms in total. The molecule has 3 heterocycles. The van der Waals surface area contributed by atoms with E-state index in [2.05, 4.69) is 39.6 Å². The molecule has 1 aromatic carbocycles. The molecule has 0 aliphatic heterocycles. The molecule has 0 radical (unpaired) electrons. The fourth-order valence-electron chi connectivity index (χ4n) is 2.38. The SMILES string of the molecule is Cn1c(SCc2ccc(-n3cccn3)cc2)nnc1-c1ccco1. The molecule has 0 unspecified atom stereocenters. The number of hydrogen-bond donors (Lipinski definition) is 0. The summed E-state index contributed by atoms with van der Waals surface area (Å²) in [5.74, 6) is 2.28. The predicted octanol–water partition coefficient (Wildman–Crippen LogP) is 3.55. The van der Waals surface area contributed by atoms with Crippen LogP contribution >= 0.6 is 11.8 Å². The van der Waals surface area contributed by atoms with Crippen molar-refractivity contribution in [3.63, 3.8) is 0 Å². The lowest BCUT2D eigenvalue weighted by molar-refractivity contribution is 0.572. The predicted molar refractivity (Wildman–Crippen MR) is 91.8 cm³/mol. The Balaban J connectivity index is 1.46. The number of rotatable bonds is 5. The highest BCUT2D eigenvalue weighted by atomic mass is 32.2. The molecule has 0 atom stereocenters. The molecule has 0 aliphatic rings. The van der Waals surface area contributed by atoms with Crippen LogP contribution in [0.4, 0.5) is 0 Å². The van der Waals surface area contributed by atoms with Crippen LogP contribution in [0.15, 0.2) is 70.7 Å². The number of hydrogen-bond acceptors (Lipinski definition) is 5. The van der Waals surface area contributed by atoms with Gasteiger partial charge in [-0.2, -0.15) is 5.10 Å². The van der Waals surface area contributed by atoms with Crippen LogP contribution in [0.5, 0.6) is 0 Å². The van der Waals surface area contributed by atoms with Gasteiger partial charge in [0.15, 0.2) is 16.7 Å². The zero-order valence-electron chi connectivity index (χ0n) is 13.0. The average Bonchev–Trinajstić information content (AvgIpc) is 3.36. The third-order valence-corrected chi connectivity index (χ3v) is 4.74. The van der Waals surface area contributed by atoms with E-state index in [0.29, 0.717) is 0 Å². The first-order chi connectivity index (χ1) is 11.8. The molecule has 0 bridgehead atoms. The molecule has 3 aromatic heterocycles. The van der Waals surface area contributed by atoms with Gasteiger partial charge in [-0.15, -0.1) is 10.2 Å². The topological polar surface area (TPSA) is 61.7 Å². The molecular formula is C17H15N5OS. The van der Waals surface area contributed by atoms with Gasteiger partial charge in [0, 0.05) is 25.2 Å². The Morgan fingerprint density at radius 1 is 1.08 bits per heavy atom. The number of nitrogens with zero attached hydrogens (tertiary/aromatic N) is 5. The van der Waals surface area contributed by atoms with Crippen LogP contribution in [0.25, 0.3) is 17.3 Å². The maximum Gasteiger partial charge on any atom is 0.200 e. The van der Waals surface area contributed by atoms with E-state index in [4.69, 9.17) is 4.42 Å². The summed E-state index contributed by atoms with van der Waals surface area (Å²) in [5, 5.41) is 13.5. The van der Waals surface area contributed by atoms with Crippen molar-refractivity contribution in [2.45, 2.75) is 10.9 Å². The molecule has 0 aliphatic carbocycles. The monoisotopic (exact) mass is 337 g/mol. The zero-order chi connectivity index (χ0) is 16.4. The number of furan rings is 1. The van der Waals surface area contributed by atoms with Crippen molar-refractivity contribution in [2.75, 3.05) is 0 Å². The third-order valence-electron chi connectivity index (χ3n) is 3.65. The largest absolute Gasteiger partial charge is 0.461 e. The van der Waals surface area contributed by atoms with E-state index in [0.717, 1.165) is 28.2 Å². The molecule has 0 N–H and O–H groups in total. The molecule has 24 heavy (non-hydrogen) atoms. The summed E-state index contributed by atoms with van der Waals surface area (Å²) in [6.45, 7) is 0. The second kappa shape index (κ2) is 6.37. The summed E-state index contributed by atoms with van der Waals surface area (Å²) in [6, 6.07) is 14.0. The van der Waals surface area contributed by atoms with Crippen molar-refractivity contribution in [3.05, 3.63) is 66.7 Å². The van der Waals surface area contributed by atoms with Gasteiger partial charge in [0.2, 0.25) is 0 Å². The van der Waals surface area contributed by atoms with Crippen LogP contribution in [0.2, 0.25) is 0 Å². The minimum atomic E-state index is 0.723. The minimum absolute atomic E-state index is 0.723. The van der Waals surface area contributed by atoms with Gasteiger partial charge in [0.1, 0.15) is 0 Å². The molecule has 7 heteroatoms. The van der Waals surface area contributed by atoms with Gasteiger partial charge in [0.25, 0.3) is 0 Å². The summed E-state index contributed by atoms with van der Waals surface area (Å²) in [7, 11) is 1.95. The lowest BCUT2D eigenvalue weighted by atomic mass is 10.2. The average molecular weight is 337 g/mol. The molecular weight excluding hydrogens is 322 g/mol. The molecule has 4 aromatic rings. The van der Waals surface area contributed by atoms with E-state index in [-0.39, 0.29) is 0 Å². The Morgan fingerprint density at radius 3 is 2.67 bits per heavy atom. The first-order valence-corrected chi connectivity index (χ1v) is 8.45.